The molecule has 0 aliphatic carbocycles. The third-order valence-electron chi connectivity index (χ3n) is 10.4. The second-order valence-electron chi connectivity index (χ2n) is 17.9. The Morgan fingerprint density at radius 3 is 1.70 bits per heavy atom. The number of hydrogen-bond acceptors (Lipinski definition) is 14. The van der Waals surface area contributed by atoms with Gasteiger partial charge in [0.05, 0.1) is 32.5 Å². The highest BCUT2D eigenvalue weighted by Gasteiger charge is 2.39. The zero-order valence-electron chi connectivity index (χ0n) is 39.3. The molecule has 360 valence electrons. The van der Waals surface area contributed by atoms with Crippen molar-refractivity contribution in [2.24, 2.45) is 16.6 Å². The van der Waals surface area contributed by atoms with E-state index in [1.54, 1.807) is 59.9 Å². The van der Waals surface area contributed by atoms with Gasteiger partial charge in [-0.25, -0.2) is 19.4 Å². The molecule has 0 fully saturated rings. The molecule has 0 aliphatic rings. The molecule has 0 aliphatic heterocycles. The number of esters is 1. The second kappa shape index (κ2) is 25.0. The minimum atomic E-state index is -1.35. The first-order valence-electron chi connectivity index (χ1n) is 21.7. The van der Waals surface area contributed by atoms with Gasteiger partial charge in [0.15, 0.2) is 0 Å². The average Bonchev–Trinajstić information content (AvgIpc) is 3.29. The molecule has 6 N–H and O–H groups in total. The molecule has 5 atom stereocenters. The normalized spacial score (nSPS) is 13.6. The van der Waals surface area contributed by atoms with Crippen molar-refractivity contribution in [1.82, 2.24) is 31.4 Å². The smallest absolute Gasteiger partial charge is 0.453 e. The van der Waals surface area contributed by atoms with Crippen molar-refractivity contribution in [2.75, 3.05) is 27.6 Å². The molecule has 3 aromatic carbocycles. The number of hydrogen-bond donors (Lipinski definition) is 5. The SMILES string of the molecule is COC(=O)N[C@H](C(=O)N[C@@H](Cc1ccccc1)[C@H](CN(Cc1ccc(-c2ccccn2)cc1)NC(=O)[C@@H](NC(=O)OC)C(C)(C)C)OC(=O)OCOC(=O)[C@@H](N)Cc1ccccc1)C(C)(C)C. The van der Waals surface area contributed by atoms with E-state index >= 15 is 0 Å². The Kier molecular flexibility index (Phi) is 19.6. The van der Waals surface area contributed by atoms with E-state index in [1.165, 1.54) is 19.2 Å². The van der Waals surface area contributed by atoms with Crippen molar-refractivity contribution in [3.05, 3.63) is 126 Å². The third-order valence-corrected chi connectivity index (χ3v) is 10.4. The van der Waals surface area contributed by atoms with E-state index in [-0.39, 0.29) is 25.9 Å². The number of carbonyl (C=O) groups excluding carboxylic acids is 6. The number of ether oxygens (including phenoxy) is 5. The molecule has 0 radical (unpaired) electrons. The van der Waals surface area contributed by atoms with Crippen LogP contribution in [-0.4, -0.2) is 104 Å². The zero-order valence-corrected chi connectivity index (χ0v) is 39.3. The molecule has 1 aromatic heterocycles. The molecule has 4 rings (SSSR count). The first-order chi connectivity index (χ1) is 31.8. The fraction of sp³-hybridized carbons (Fsp3) is 0.408. The number of nitrogens with one attached hydrogen (secondary N) is 4. The van der Waals surface area contributed by atoms with Gasteiger partial charge in [-0.1, -0.05) is 133 Å². The molecule has 18 nitrogen and oxygen atoms in total. The molecular weight excluding hydrogens is 863 g/mol. The Balaban J connectivity index is 1.74. The van der Waals surface area contributed by atoms with Gasteiger partial charge in [-0.15, -0.1) is 0 Å². The Hall–Kier alpha value is -7.05. The van der Waals surface area contributed by atoms with Crippen LogP contribution in [0.5, 0.6) is 0 Å². The number of pyridine rings is 1. The maximum Gasteiger partial charge on any atom is 0.511 e. The topological polar surface area (TPSA) is 239 Å². The van der Waals surface area contributed by atoms with E-state index in [9.17, 15) is 28.8 Å². The number of benzene rings is 3. The predicted molar refractivity (Wildman–Crippen MR) is 248 cm³/mol. The summed E-state index contributed by atoms with van der Waals surface area (Å²) in [4.78, 5) is 84.6. The van der Waals surface area contributed by atoms with Gasteiger partial charge in [0, 0.05) is 18.3 Å². The Morgan fingerprint density at radius 1 is 0.642 bits per heavy atom. The minimum Gasteiger partial charge on any atom is -0.453 e. The van der Waals surface area contributed by atoms with Crippen LogP contribution in [0.1, 0.15) is 58.2 Å². The van der Waals surface area contributed by atoms with Crippen molar-refractivity contribution in [2.45, 2.75) is 91.2 Å². The van der Waals surface area contributed by atoms with Gasteiger partial charge in [0.25, 0.3) is 5.91 Å². The lowest BCUT2D eigenvalue weighted by Crippen LogP contribution is -2.61. The molecule has 0 spiro atoms. The lowest BCUT2D eigenvalue weighted by molar-refractivity contribution is -0.155. The number of methoxy groups -OCH3 is 2. The third kappa shape index (κ3) is 17.4. The highest BCUT2D eigenvalue weighted by atomic mass is 16.8. The summed E-state index contributed by atoms with van der Waals surface area (Å²) in [6, 6.07) is 26.7. The average molecular weight is 926 g/mol. The van der Waals surface area contributed by atoms with Crippen LogP contribution in [0.25, 0.3) is 11.3 Å². The minimum absolute atomic E-state index is 0.00959. The number of nitrogens with two attached hydrogens (primary N) is 1. The fourth-order valence-electron chi connectivity index (χ4n) is 6.83. The lowest BCUT2D eigenvalue weighted by Gasteiger charge is -2.36. The van der Waals surface area contributed by atoms with E-state index < -0.39 is 84.0 Å². The Bertz CT molecular complexity index is 2220. The molecule has 0 saturated heterocycles. The van der Waals surface area contributed by atoms with Gasteiger partial charge < -0.3 is 45.4 Å². The summed E-state index contributed by atoms with van der Waals surface area (Å²) in [6.45, 7) is 9.39. The van der Waals surface area contributed by atoms with Crippen molar-refractivity contribution < 1.29 is 52.5 Å². The number of amides is 4. The van der Waals surface area contributed by atoms with Gasteiger partial charge in [0.1, 0.15) is 24.2 Å². The van der Waals surface area contributed by atoms with Gasteiger partial charge in [-0.2, -0.15) is 0 Å². The number of rotatable bonds is 20. The van der Waals surface area contributed by atoms with Gasteiger partial charge in [-0.3, -0.25) is 24.8 Å². The number of nitrogens with zero attached hydrogens (tertiary/aromatic N) is 2. The fourth-order valence-corrected chi connectivity index (χ4v) is 6.83. The summed E-state index contributed by atoms with van der Waals surface area (Å²) in [7, 11) is 2.36. The van der Waals surface area contributed by atoms with E-state index in [2.05, 4.69) is 26.4 Å². The Labute approximate surface area is 391 Å². The van der Waals surface area contributed by atoms with E-state index in [0.29, 0.717) is 5.56 Å². The van der Waals surface area contributed by atoms with E-state index in [0.717, 1.165) is 22.4 Å². The molecule has 67 heavy (non-hydrogen) atoms. The van der Waals surface area contributed by atoms with E-state index in [4.69, 9.17) is 29.4 Å². The summed E-state index contributed by atoms with van der Waals surface area (Å²) in [5.74, 6) is -2.11. The van der Waals surface area contributed by atoms with Gasteiger partial charge in [0.2, 0.25) is 12.7 Å². The zero-order chi connectivity index (χ0) is 49.1. The largest absolute Gasteiger partial charge is 0.511 e. The van der Waals surface area contributed by atoms with Crippen LogP contribution in [0.3, 0.4) is 0 Å². The molecule has 18 heteroatoms. The van der Waals surface area contributed by atoms with Crippen LogP contribution in [0.2, 0.25) is 0 Å². The summed E-state index contributed by atoms with van der Waals surface area (Å²) in [5, 5.41) is 9.67. The Morgan fingerprint density at radius 2 is 1.18 bits per heavy atom. The summed E-state index contributed by atoms with van der Waals surface area (Å²) in [5.41, 5.74) is 11.1. The molecule has 4 amide bonds. The van der Waals surface area contributed by atoms with E-state index in [1.807, 2.05) is 91.0 Å². The first kappa shape index (κ1) is 52.6. The van der Waals surface area contributed by atoms with Gasteiger partial charge in [-0.05, 0) is 52.5 Å². The highest BCUT2D eigenvalue weighted by molar-refractivity contribution is 5.87. The van der Waals surface area contributed by atoms with Crippen molar-refractivity contribution in [1.29, 1.82) is 0 Å². The maximum absolute atomic E-state index is 14.3. The summed E-state index contributed by atoms with van der Waals surface area (Å²) >= 11 is 0. The van der Waals surface area contributed by atoms with Crippen LogP contribution in [-0.2, 0) is 57.5 Å². The standard InChI is InChI=1S/C49H63N7O11/c1-48(2,3)40(53-45(60)63-7)42(57)52-38(28-33-19-13-10-14-20-33)39(67-47(62)66-31-65-44(59)36(50)27-32-17-11-9-12-18-32)30-56(55-43(58)41(49(4,5)6)54-46(61)64-8)29-34-22-24-35(25-23-34)37-21-15-16-26-51-37/h9-26,36,38-41H,27-31,50H2,1-8H3,(H,52,57)(H,53,60)(H,54,61)(H,55,58)/t36-,38-,39-,40+,41+/m0/s1. The number of hydrazine groups is 1. The monoisotopic (exact) mass is 925 g/mol. The highest BCUT2D eigenvalue weighted by Crippen LogP contribution is 2.23. The van der Waals surface area contributed by atoms with Crippen LogP contribution in [0.15, 0.2) is 109 Å². The predicted octanol–water partition coefficient (Wildman–Crippen LogP) is 5.44. The summed E-state index contributed by atoms with van der Waals surface area (Å²) < 4.78 is 26.2. The van der Waals surface area contributed by atoms with Gasteiger partial charge >= 0.3 is 24.3 Å². The molecular formula is C49H63N7O11. The first-order valence-corrected chi connectivity index (χ1v) is 21.7. The molecule has 1 heterocycles. The molecule has 0 saturated carbocycles. The quantitative estimate of drug-likeness (QED) is 0.0321. The summed E-state index contributed by atoms with van der Waals surface area (Å²) in [6.07, 6.45) is -2.39. The van der Waals surface area contributed by atoms with Crippen LogP contribution in [0, 0.1) is 10.8 Å². The molecule has 4 aromatic rings. The molecule has 0 bridgehead atoms. The van der Waals surface area contributed by atoms with Crippen molar-refractivity contribution in [3.8, 4) is 11.3 Å². The lowest BCUT2D eigenvalue weighted by atomic mass is 9.85. The van der Waals surface area contributed by atoms with Crippen LogP contribution in [0.4, 0.5) is 14.4 Å². The van der Waals surface area contributed by atoms with Crippen LogP contribution < -0.4 is 27.1 Å². The molecule has 0 unspecified atom stereocenters. The van der Waals surface area contributed by atoms with Crippen molar-refractivity contribution >= 4 is 36.1 Å². The number of aromatic nitrogens is 1. The number of alkyl carbamates (subject to hydrolysis) is 2. The maximum atomic E-state index is 14.3. The number of carbonyl (C=O) groups is 6. The second-order valence-corrected chi connectivity index (χ2v) is 17.9. The van der Waals surface area contributed by atoms with Crippen molar-refractivity contribution in [3.63, 3.8) is 0 Å². The van der Waals surface area contributed by atoms with Crippen LogP contribution >= 0.6 is 0 Å².